The summed E-state index contributed by atoms with van der Waals surface area (Å²) >= 11 is 15.3. The van der Waals surface area contributed by atoms with Crippen LogP contribution >= 0.6 is 93.1 Å². The van der Waals surface area contributed by atoms with Crippen LogP contribution in [0.2, 0.25) is 0 Å². The van der Waals surface area contributed by atoms with Crippen LogP contribution in [-0.4, -0.2) is 122 Å². The molecule has 0 spiro atoms. The van der Waals surface area contributed by atoms with Crippen molar-refractivity contribution in [1.82, 2.24) is 117 Å². The second kappa shape index (κ2) is 36.3. The molecule has 0 aliphatic carbocycles. The van der Waals surface area contributed by atoms with Crippen LogP contribution in [-0.2, 0) is 44.7 Å². The minimum Gasteiger partial charge on any atom is -0.508 e. The van der Waals surface area contributed by atoms with Gasteiger partial charge < -0.3 is 28.0 Å². The number of alkyl halides is 9. The quantitative estimate of drug-likeness (QED) is 0.0631. The smallest absolute Gasteiger partial charge is 0.418 e. The molecule has 16 aromatic heterocycles. The van der Waals surface area contributed by atoms with Crippen LogP contribution < -0.4 is 45.2 Å². The van der Waals surface area contributed by atoms with E-state index in [4.69, 9.17) is 27.9 Å². The first kappa shape index (κ1) is 92.9. The number of hydrogen-bond donors (Lipinski definition) is 5. The third-order valence-electron chi connectivity index (χ3n) is 22.0. The van der Waals surface area contributed by atoms with Gasteiger partial charge in [0.05, 0.1) is 82.5 Å². The molecule has 0 fully saturated rings. The zero-order valence-electron chi connectivity index (χ0n) is 71.4. The minimum absolute atomic E-state index is 0.00315. The average Bonchev–Trinajstić information content (AvgIpc) is 1.68. The Morgan fingerprint density at radius 2 is 0.635 bits per heavy atom. The molecule has 9 N–H and O–H groups in total. The molecule has 0 atom stereocenters. The van der Waals surface area contributed by atoms with Crippen molar-refractivity contribution in [3.8, 4) is 39.8 Å². The van der Waals surface area contributed by atoms with E-state index in [1.54, 1.807) is 58.3 Å². The van der Waals surface area contributed by atoms with Gasteiger partial charge in [-0.3, -0.25) is 37.4 Å². The Bertz CT molecular complexity index is 8470. The maximum atomic E-state index is 14.0. The standard InChI is InChI=1S/C26H18F3N7O2S.C22H20BrN7OS.2C20H13BrF3N7OS/c1-13-11-39-24-19(13)25(38)36(17-8-3-2-7-16(17)26(27,28)29)18(33-24)10-35-23-20(22(30)31-12-32-23)21(34-35)14-5-4-6-15(37)9-14;1-11(2)13-6-4-5-7-14(13)30-15(27-21-16(22(30)31)12(3)9-32-21)8-29-20-17(18(23)28-29)19(24)25-10-26-20;2*1-9-7-33-18-13(9)19(32)31(11-5-3-2-4-10(11)20(22,23)24)12(28-18)6-30-17-14(15(21)29-30)16(25)26-8-27-17/h2-9,11-12,37H,10H2,1H3,(H2,30,31,32);4-7,9-11H,8H2,1-3H3,(H2,24,25,26);2*2-5,7-8H,6H2,1H3,(H2,25,26,27). The summed E-state index contributed by atoms with van der Waals surface area (Å²) in [5, 5.41) is 38.5. The lowest BCUT2D eigenvalue weighted by molar-refractivity contribution is -0.138. The van der Waals surface area contributed by atoms with Gasteiger partial charge in [0, 0.05) is 5.56 Å². The zero-order chi connectivity index (χ0) is 97.0. The second-order valence-corrected chi connectivity index (χ2v) is 36.7. The fourth-order valence-corrected chi connectivity index (χ4v) is 21.3. The van der Waals surface area contributed by atoms with Gasteiger partial charge in [-0.2, -0.15) is 59.9 Å². The van der Waals surface area contributed by atoms with Gasteiger partial charge in [0.25, 0.3) is 22.2 Å². The highest BCUT2D eigenvalue weighted by Gasteiger charge is 2.39. The number of aromatic hydroxyl groups is 1. The molecule has 0 saturated carbocycles. The van der Waals surface area contributed by atoms with Gasteiger partial charge in [0.15, 0.2) is 22.6 Å². The van der Waals surface area contributed by atoms with Crippen molar-refractivity contribution in [2.24, 2.45) is 0 Å². The predicted molar refractivity (Wildman–Crippen MR) is 514 cm³/mol. The Morgan fingerprint density at radius 3 is 0.942 bits per heavy atom. The summed E-state index contributed by atoms with van der Waals surface area (Å²) in [7, 11) is 0. The van der Waals surface area contributed by atoms with Gasteiger partial charge >= 0.3 is 18.5 Å². The third-order valence-corrected chi connectivity index (χ3v) is 27.6. The third kappa shape index (κ3) is 17.2. The van der Waals surface area contributed by atoms with Crippen molar-refractivity contribution < 1.29 is 44.6 Å². The minimum atomic E-state index is -4.71. The molecule has 0 aliphatic rings. The van der Waals surface area contributed by atoms with Crippen molar-refractivity contribution in [2.45, 2.75) is 92.2 Å². The van der Waals surface area contributed by atoms with E-state index in [-0.39, 0.29) is 117 Å². The highest BCUT2D eigenvalue weighted by atomic mass is 79.9. The highest BCUT2D eigenvalue weighted by Crippen LogP contribution is 2.42. The predicted octanol–water partition coefficient (Wildman–Crippen LogP) is 17.9. The number of halogens is 12. The van der Waals surface area contributed by atoms with Gasteiger partial charge in [-0.05, 0) is 185 Å². The van der Waals surface area contributed by atoms with Gasteiger partial charge in [0.1, 0.15) is 143 Å². The summed E-state index contributed by atoms with van der Waals surface area (Å²) in [6.07, 6.45) is -8.89. The average molecular weight is 2130 g/mol. The number of para-hydroxylation sites is 4. The number of rotatable bonds is 14. The first-order valence-electron chi connectivity index (χ1n) is 40.5. The molecule has 0 unspecified atom stereocenters. The summed E-state index contributed by atoms with van der Waals surface area (Å²) in [4.78, 5) is 108. The number of fused-ring (bicyclic) bond motifs is 8. The molecule has 21 aromatic rings. The lowest BCUT2D eigenvalue weighted by atomic mass is 10.0. The maximum absolute atomic E-state index is 14.0. The molecule has 0 amide bonds. The number of phenols is 1. The summed E-state index contributed by atoms with van der Waals surface area (Å²) < 4.78 is 137. The topological polar surface area (TPSA) is 438 Å². The van der Waals surface area contributed by atoms with Gasteiger partial charge in [-0.25, -0.2) is 78.5 Å². The fraction of sp³-hybridized carbons (Fsp3) is 0.159. The molecular weight excluding hydrogens is 2070 g/mol. The number of benzene rings is 5. The van der Waals surface area contributed by atoms with E-state index in [9.17, 15) is 63.8 Å². The van der Waals surface area contributed by atoms with E-state index in [1.165, 1.54) is 151 Å². The Morgan fingerprint density at radius 1 is 0.358 bits per heavy atom. The second-order valence-electron chi connectivity index (χ2n) is 31.1. The lowest BCUT2D eigenvalue weighted by Crippen LogP contribution is -2.27. The van der Waals surface area contributed by atoms with Crippen molar-refractivity contribution in [3.05, 3.63) is 291 Å². The van der Waals surface area contributed by atoms with Gasteiger partial charge in [-0.15, -0.1) is 45.3 Å². The van der Waals surface area contributed by atoms with Crippen LogP contribution in [0.15, 0.2) is 201 Å². The normalized spacial score (nSPS) is 12.0. The van der Waals surface area contributed by atoms with Crippen LogP contribution in [0.3, 0.4) is 0 Å². The molecule has 0 radical (unpaired) electrons. The molecule has 694 valence electrons. The molecular formula is C88H64Br3F9N28O5S4. The number of anilines is 4. The number of nitrogens with zero attached hydrogens (tertiary/aromatic N) is 24. The lowest BCUT2D eigenvalue weighted by Gasteiger charge is -2.18. The molecule has 0 saturated heterocycles. The van der Waals surface area contributed by atoms with Crippen LogP contribution in [0.5, 0.6) is 5.75 Å². The fourth-order valence-electron chi connectivity index (χ4n) is 15.8. The molecule has 5 aromatic carbocycles. The molecule has 137 heavy (non-hydrogen) atoms. The summed E-state index contributed by atoms with van der Waals surface area (Å²) in [5.74, 6) is 1.82. The highest BCUT2D eigenvalue weighted by molar-refractivity contribution is 9.11. The van der Waals surface area contributed by atoms with E-state index >= 15 is 0 Å². The van der Waals surface area contributed by atoms with E-state index in [2.05, 4.69) is 143 Å². The number of nitrogens with two attached hydrogens (primary N) is 4. The molecule has 49 heteroatoms. The van der Waals surface area contributed by atoms with Crippen LogP contribution in [0.4, 0.5) is 62.8 Å². The molecule has 16 heterocycles. The first-order valence-corrected chi connectivity index (χ1v) is 46.4. The van der Waals surface area contributed by atoms with Gasteiger partial charge in [0.2, 0.25) is 0 Å². The number of phenolic OH excluding ortho intramolecular Hbond substituents is 1. The maximum Gasteiger partial charge on any atom is 0.418 e. The Labute approximate surface area is 803 Å². The largest absolute Gasteiger partial charge is 0.508 e. The molecule has 0 bridgehead atoms. The summed E-state index contributed by atoms with van der Waals surface area (Å²) in [6, 6.07) is 29.0. The Kier molecular flexibility index (Phi) is 24.6. The molecule has 21 rings (SSSR count). The number of nitrogen functional groups attached to an aromatic ring is 4. The van der Waals surface area contributed by atoms with E-state index in [0.29, 0.717) is 117 Å². The summed E-state index contributed by atoms with van der Waals surface area (Å²) in [5.41, 5.74) is 25.5. The van der Waals surface area contributed by atoms with E-state index in [0.717, 1.165) is 48.7 Å². The van der Waals surface area contributed by atoms with Gasteiger partial charge in [-0.1, -0.05) is 80.6 Å². The van der Waals surface area contributed by atoms with E-state index in [1.807, 2.05) is 30.5 Å². The number of aryl methyl sites for hydroxylation is 4. The Hall–Kier alpha value is -14.5. The van der Waals surface area contributed by atoms with Crippen LogP contribution in [0.1, 0.15) is 87.6 Å². The summed E-state index contributed by atoms with van der Waals surface area (Å²) in [6.45, 7) is 11.1. The number of aromatic nitrogens is 24. The Balaban J connectivity index is 0.000000122. The van der Waals surface area contributed by atoms with Crippen LogP contribution in [0.25, 0.3) is 119 Å². The van der Waals surface area contributed by atoms with Crippen molar-refractivity contribution in [1.29, 1.82) is 0 Å². The zero-order valence-corrected chi connectivity index (χ0v) is 79.4. The van der Waals surface area contributed by atoms with Crippen molar-refractivity contribution in [2.75, 3.05) is 22.9 Å². The monoisotopic (exact) mass is 2130 g/mol. The van der Waals surface area contributed by atoms with Crippen LogP contribution in [0, 0.1) is 27.7 Å². The van der Waals surface area contributed by atoms with Crippen molar-refractivity contribution >= 4 is 201 Å². The first-order chi connectivity index (χ1) is 65.3. The number of hydrogen-bond acceptors (Lipinski definition) is 29. The SMILES string of the molecule is Cc1csc2nc(Cn3nc(-c4cccc(O)c4)c4c(N)ncnc43)n(-c3ccccc3C(F)(F)F)c(=O)c12.Cc1csc2nc(Cn3nc(Br)c4c(N)ncnc43)n(-c3ccccc3C(C)C)c(=O)c12.Cc1csc2nc(Cn3nc(Br)c4c(N)ncnc43)n(-c3ccccc3C(F)(F)F)c(=O)c12.Cc1csc2nc(Cn3nc(Br)c4c(N)ncnc43)n(-c3ccccc3C(F)(F)F)c(=O)c12. The van der Waals surface area contributed by atoms with Crippen molar-refractivity contribution in [3.63, 3.8) is 0 Å². The number of thiophene rings is 4. The molecule has 0 aliphatic heterocycles. The molecule has 33 nitrogen and oxygen atoms in total. The van der Waals surface area contributed by atoms with E-state index < -0.39 is 51.9 Å².